The number of aryl methyl sites for hydroxylation is 2. The van der Waals surface area contributed by atoms with Gasteiger partial charge in [-0.15, -0.1) is 0 Å². The van der Waals surface area contributed by atoms with Crippen LogP contribution in [0.3, 0.4) is 0 Å². The fourth-order valence-electron chi connectivity index (χ4n) is 2.39. The van der Waals surface area contributed by atoms with Gasteiger partial charge in [0, 0.05) is 16.6 Å². The molecule has 1 heterocycles. The maximum atomic E-state index is 13.0. The monoisotopic (exact) mass is 189 g/mol. The quantitative estimate of drug-likeness (QED) is 0.655. The summed E-state index contributed by atoms with van der Waals surface area (Å²) in [7, 11) is 0. The number of halogens is 1. The summed E-state index contributed by atoms with van der Waals surface area (Å²) in [5, 5.41) is 1.21. The third-order valence-corrected chi connectivity index (χ3v) is 3.06. The molecule has 0 radical (unpaired) electrons. The topological polar surface area (TPSA) is 15.8 Å². The highest BCUT2D eigenvalue weighted by atomic mass is 19.1. The summed E-state index contributed by atoms with van der Waals surface area (Å²) in [6.45, 7) is 0. The fraction of sp³-hybridized carbons (Fsp3) is 0.333. The molecule has 0 atom stereocenters. The van der Waals surface area contributed by atoms with Crippen LogP contribution < -0.4 is 0 Å². The van der Waals surface area contributed by atoms with Gasteiger partial charge in [0.05, 0.1) is 0 Å². The number of aromatic amines is 1. The van der Waals surface area contributed by atoms with Gasteiger partial charge in [-0.3, -0.25) is 0 Å². The first-order valence-electron chi connectivity index (χ1n) is 5.13. The van der Waals surface area contributed by atoms with Crippen molar-refractivity contribution in [3.63, 3.8) is 0 Å². The summed E-state index contributed by atoms with van der Waals surface area (Å²) in [4.78, 5) is 3.32. The van der Waals surface area contributed by atoms with E-state index in [1.807, 2.05) is 6.07 Å². The second-order valence-electron chi connectivity index (χ2n) is 3.98. The van der Waals surface area contributed by atoms with Gasteiger partial charge in [-0.1, -0.05) is 0 Å². The molecule has 2 aromatic rings. The van der Waals surface area contributed by atoms with E-state index in [1.165, 1.54) is 29.5 Å². The Kier molecular flexibility index (Phi) is 1.63. The molecule has 0 saturated heterocycles. The van der Waals surface area contributed by atoms with Gasteiger partial charge in [-0.25, -0.2) is 4.39 Å². The molecule has 0 amide bonds. The van der Waals surface area contributed by atoms with Crippen molar-refractivity contribution < 1.29 is 4.39 Å². The molecule has 0 saturated carbocycles. The van der Waals surface area contributed by atoms with Crippen LogP contribution in [0, 0.1) is 5.82 Å². The molecule has 0 aliphatic heterocycles. The summed E-state index contributed by atoms with van der Waals surface area (Å²) in [5.74, 6) is -0.156. The normalized spacial score (nSPS) is 15.8. The Hall–Kier alpha value is -1.31. The third-order valence-electron chi connectivity index (χ3n) is 3.06. The van der Waals surface area contributed by atoms with Crippen molar-refractivity contribution in [2.45, 2.75) is 25.7 Å². The highest BCUT2D eigenvalue weighted by Gasteiger charge is 2.14. The molecular formula is C12H12FN. The number of aromatic nitrogens is 1. The van der Waals surface area contributed by atoms with Crippen LogP contribution in [-0.4, -0.2) is 4.98 Å². The molecular weight excluding hydrogens is 177 g/mol. The van der Waals surface area contributed by atoms with E-state index in [0.29, 0.717) is 0 Å². The van der Waals surface area contributed by atoms with Crippen molar-refractivity contribution in [3.05, 3.63) is 35.3 Å². The zero-order chi connectivity index (χ0) is 9.54. The number of hydrogen-bond donors (Lipinski definition) is 1. The van der Waals surface area contributed by atoms with Gasteiger partial charge < -0.3 is 4.98 Å². The molecule has 0 unspecified atom stereocenters. The van der Waals surface area contributed by atoms with Crippen molar-refractivity contribution in [1.82, 2.24) is 4.98 Å². The maximum Gasteiger partial charge on any atom is 0.125 e. The van der Waals surface area contributed by atoms with Gasteiger partial charge in [-0.05, 0) is 49.4 Å². The van der Waals surface area contributed by atoms with Gasteiger partial charge in [0.2, 0.25) is 0 Å². The van der Waals surface area contributed by atoms with Crippen molar-refractivity contribution in [1.29, 1.82) is 0 Å². The minimum atomic E-state index is -0.156. The molecule has 3 rings (SSSR count). The van der Waals surface area contributed by atoms with Crippen LogP contribution in [0.4, 0.5) is 4.39 Å². The summed E-state index contributed by atoms with van der Waals surface area (Å²) >= 11 is 0. The first kappa shape index (κ1) is 8.04. The number of H-pyrrole nitrogens is 1. The smallest absolute Gasteiger partial charge is 0.125 e. The van der Waals surface area contributed by atoms with Crippen LogP contribution in [0.5, 0.6) is 0 Å². The van der Waals surface area contributed by atoms with Crippen molar-refractivity contribution in [2.75, 3.05) is 0 Å². The molecule has 14 heavy (non-hydrogen) atoms. The van der Waals surface area contributed by atoms with Gasteiger partial charge in [0.25, 0.3) is 0 Å². The molecule has 1 nitrogen and oxygen atoms in total. The fourth-order valence-corrected chi connectivity index (χ4v) is 2.39. The van der Waals surface area contributed by atoms with E-state index in [1.54, 1.807) is 12.1 Å². The van der Waals surface area contributed by atoms with E-state index in [2.05, 4.69) is 4.98 Å². The van der Waals surface area contributed by atoms with Crippen LogP contribution in [0.1, 0.15) is 24.1 Å². The van der Waals surface area contributed by atoms with Gasteiger partial charge >= 0.3 is 0 Å². The standard InChI is InChI=1S/C12H12FN/c13-8-5-6-10-9-3-1-2-4-11(9)14-12(10)7-8/h5-7,14H,1-4H2. The van der Waals surface area contributed by atoms with E-state index < -0.39 is 0 Å². The number of nitrogens with one attached hydrogen (secondary N) is 1. The van der Waals surface area contributed by atoms with Crippen molar-refractivity contribution >= 4 is 10.9 Å². The molecule has 1 aliphatic carbocycles. The summed E-state index contributed by atoms with van der Waals surface area (Å²) in [6, 6.07) is 5.03. The molecule has 2 heteroatoms. The summed E-state index contributed by atoms with van der Waals surface area (Å²) in [6.07, 6.45) is 4.77. The molecule has 0 spiro atoms. The largest absolute Gasteiger partial charge is 0.358 e. The van der Waals surface area contributed by atoms with Gasteiger partial charge in [-0.2, -0.15) is 0 Å². The van der Waals surface area contributed by atoms with E-state index in [9.17, 15) is 4.39 Å². The minimum absolute atomic E-state index is 0.156. The predicted molar refractivity (Wildman–Crippen MR) is 54.9 cm³/mol. The lowest BCUT2D eigenvalue weighted by atomic mass is 9.96. The average Bonchev–Trinajstić information content (AvgIpc) is 2.54. The van der Waals surface area contributed by atoms with E-state index in [0.717, 1.165) is 18.4 Å². The highest BCUT2D eigenvalue weighted by molar-refractivity contribution is 5.84. The van der Waals surface area contributed by atoms with Crippen LogP contribution in [0.15, 0.2) is 18.2 Å². The second kappa shape index (κ2) is 2.84. The Morgan fingerprint density at radius 2 is 2.00 bits per heavy atom. The highest BCUT2D eigenvalue weighted by Crippen LogP contribution is 2.29. The first-order chi connectivity index (χ1) is 6.84. The number of benzene rings is 1. The Morgan fingerprint density at radius 3 is 2.93 bits per heavy atom. The Balaban J connectivity index is 2.31. The van der Waals surface area contributed by atoms with Crippen LogP contribution in [0.2, 0.25) is 0 Å². The number of fused-ring (bicyclic) bond motifs is 3. The Morgan fingerprint density at radius 1 is 1.14 bits per heavy atom. The lowest BCUT2D eigenvalue weighted by molar-refractivity contribution is 0.629. The zero-order valence-electron chi connectivity index (χ0n) is 7.94. The van der Waals surface area contributed by atoms with E-state index in [-0.39, 0.29) is 5.82 Å². The number of rotatable bonds is 0. The third kappa shape index (κ3) is 1.07. The SMILES string of the molecule is Fc1ccc2c3c([nH]c2c1)CCCC3. The van der Waals surface area contributed by atoms with Crippen LogP contribution in [-0.2, 0) is 12.8 Å². The van der Waals surface area contributed by atoms with Gasteiger partial charge in [0.15, 0.2) is 0 Å². The first-order valence-corrected chi connectivity index (χ1v) is 5.13. The van der Waals surface area contributed by atoms with E-state index >= 15 is 0 Å². The zero-order valence-corrected chi connectivity index (χ0v) is 7.94. The Bertz CT molecular complexity index is 484. The van der Waals surface area contributed by atoms with Crippen molar-refractivity contribution in [2.24, 2.45) is 0 Å². The molecule has 1 aliphatic rings. The van der Waals surface area contributed by atoms with Crippen molar-refractivity contribution in [3.8, 4) is 0 Å². The van der Waals surface area contributed by atoms with Gasteiger partial charge in [0.1, 0.15) is 5.82 Å². The molecule has 1 aromatic carbocycles. The second-order valence-corrected chi connectivity index (χ2v) is 3.98. The van der Waals surface area contributed by atoms with E-state index in [4.69, 9.17) is 0 Å². The predicted octanol–water partition coefficient (Wildman–Crippen LogP) is 3.19. The molecule has 0 bridgehead atoms. The molecule has 1 aromatic heterocycles. The average molecular weight is 189 g/mol. The molecule has 1 N–H and O–H groups in total. The Labute approximate surface area is 81.9 Å². The summed E-state index contributed by atoms with van der Waals surface area (Å²) in [5.41, 5.74) is 3.68. The van der Waals surface area contributed by atoms with Crippen LogP contribution >= 0.6 is 0 Å². The number of hydrogen-bond acceptors (Lipinski definition) is 0. The molecule has 72 valence electrons. The lowest BCUT2D eigenvalue weighted by Gasteiger charge is -2.10. The molecule has 0 fully saturated rings. The lowest BCUT2D eigenvalue weighted by Crippen LogP contribution is -1.99. The van der Waals surface area contributed by atoms with Crippen LogP contribution in [0.25, 0.3) is 10.9 Å². The maximum absolute atomic E-state index is 13.0. The summed E-state index contributed by atoms with van der Waals surface area (Å²) < 4.78 is 13.0. The minimum Gasteiger partial charge on any atom is -0.358 e.